The standard InChI is InChI=1S/C10H12N2O3S/c1-3-7-5-4-6-8-9(7)11-10(13)12(2)16(8,14)15/h4-6H,3H2,1-2H3,(H,11,13). The first kappa shape index (κ1) is 10.9. The molecular formula is C10H12N2O3S. The van der Waals surface area contributed by atoms with Crippen LogP contribution in [-0.2, 0) is 16.4 Å². The molecule has 0 atom stereocenters. The predicted molar refractivity (Wildman–Crippen MR) is 59.8 cm³/mol. The first-order valence-corrected chi connectivity index (χ1v) is 6.34. The third kappa shape index (κ3) is 1.37. The van der Waals surface area contributed by atoms with E-state index < -0.39 is 16.1 Å². The van der Waals surface area contributed by atoms with E-state index in [1.54, 1.807) is 12.1 Å². The molecule has 2 amide bonds. The van der Waals surface area contributed by atoms with Gasteiger partial charge >= 0.3 is 6.03 Å². The van der Waals surface area contributed by atoms with Gasteiger partial charge in [-0.1, -0.05) is 19.1 Å². The van der Waals surface area contributed by atoms with E-state index in [0.717, 1.165) is 9.87 Å². The van der Waals surface area contributed by atoms with Gasteiger partial charge in [0.1, 0.15) is 4.90 Å². The van der Waals surface area contributed by atoms with Crippen LogP contribution in [0.1, 0.15) is 12.5 Å². The number of amides is 2. The molecular weight excluding hydrogens is 228 g/mol. The molecule has 86 valence electrons. The number of anilines is 1. The fourth-order valence-corrected chi connectivity index (χ4v) is 2.92. The van der Waals surface area contributed by atoms with Gasteiger partial charge in [0, 0.05) is 7.05 Å². The summed E-state index contributed by atoms with van der Waals surface area (Å²) in [4.78, 5) is 11.6. The maximum Gasteiger partial charge on any atom is 0.335 e. The maximum atomic E-state index is 11.9. The fraction of sp³-hybridized carbons (Fsp3) is 0.300. The van der Waals surface area contributed by atoms with Gasteiger partial charge in [-0.3, -0.25) is 0 Å². The molecule has 0 saturated carbocycles. The van der Waals surface area contributed by atoms with E-state index in [-0.39, 0.29) is 4.90 Å². The van der Waals surface area contributed by atoms with Gasteiger partial charge in [-0.25, -0.2) is 17.5 Å². The molecule has 1 aliphatic rings. The topological polar surface area (TPSA) is 66.5 Å². The number of hydrogen-bond donors (Lipinski definition) is 1. The lowest BCUT2D eigenvalue weighted by atomic mass is 10.1. The second-order valence-electron chi connectivity index (χ2n) is 3.55. The van der Waals surface area contributed by atoms with Crippen LogP contribution in [-0.4, -0.2) is 25.8 Å². The lowest BCUT2D eigenvalue weighted by Gasteiger charge is -2.26. The molecule has 6 heteroatoms. The summed E-state index contributed by atoms with van der Waals surface area (Å²) in [7, 11) is -2.44. The van der Waals surface area contributed by atoms with E-state index in [4.69, 9.17) is 0 Å². The van der Waals surface area contributed by atoms with Crippen molar-refractivity contribution in [2.24, 2.45) is 0 Å². The Kier molecular flexibility index (Phi) is 2.38. The molecule has 1 heterocycles. The summed E-state index contributed by atoms with van der Waals surface area (Å²) in [5.74, 6) is 0. The number of carbonyl (C=O) groups excluding carboxylic acids is 1. The second kappa shape index (κ2) is 3.48. The Labute approximate surface area is 94.1 Å². The molecule has 0 radical (unpaired) electrons. The minimum atomic E-state index is -3.68. The fourth-order valence-electron chi connectivity index (χ4n) is 1.67. The first-order chi connectivity index (χ1) is 7.48. The highest BCUT2D eigenvalue weighted by Crippen LogP contribution is 2.32. The van der Waals surface area contributed by atoms with Crippen LogP contribution in [0.4, 0.5) is 10.5 Å². The highest BCUT2D eigenvalue weighted by molar-refractivity contribution is 7.90. The number of rotatable bonds is 1. The Morgan fingerprint density at radius 3 is 2.69 bits per heavy atom. The number of para-hydroxylation sites is 1. The van der Waals surface area contributed by atoms with Gasteiger partial charge in [-0.15, -0.1) is 0 Å². The van der Waals surface area contributed by atoms with E-state index in [9.17, 15) is 13.2 Å². The number of aryl methyl sites for hydroxylation is 1. The van der Waals surface area contributed by atoms with Gasteiger partial charge in [0.2, 0.25) is 0 Å². The molecule has 16 heavy (non-hydrogen) atoms. The van der Waals surface area contributed by atoms with Crippen LogP contribution < -0.4 is 5.32 Å². The van der Waals surface area contributed by atoms with Crippen LogP contribution in [0.5, 0.6) is 0 Å². The minimum absolute atomic E-state index is 0.161. The lowest BCUT2D eigenvalue weighted by molar-refractivity contribution is 0.240. The largest absolute Gasteiger partial charge is 0.335 e. The highest BCUT2D eigenvalue weighted by atomic mass is 32.2. The van der Waals surface area contributed by atoms with Gasteiger partial charge in [0.25, 0.3) is 10.0 Å². The van der Waals surface area contributed by atoms with Gasteiger partial charge < -0.3 is 5.32 Å². The number of benzene rings is 1. The summed E-state index contributed by atoms with van der Waals surface area (Å²) in [5, 5.41) is 2.59. The molecule has 0 aromatic heterocycles. The van der Waals surface area contributed by atoms with E-state index in [1.165, 1.54) is 13.1 Å². The second-order valence-corrected chi connectivity index (χ2v) is 5.48. The molecule has 0 fully saturated rings. The average molecular weight is 240 g/mol. The van der Waals surface area contributed by atoms with Gasteiger partial charge in [-0.05, 0) is 18.1 Å². The van der Waals surface area contributed by atoms with Crippen LogP contribution in [0.25, 0.3) is 0 Å². The monoisotopic (exact) mass is 240 g/mol. The quantitative estimate of drug-likeness (QED) is 0.807. The number of urea groups is 1. The van der Waals surface area contributed by atoms with Crippen LogP contribution in [0, 0.1) is 0 Å². The Bertz CT molecular complexity index is 551. The minimum Gasteiger partial charge on any atom is -0.305 e. The molecule has 0 saturated heterocycles. The number of nitrogens with zero attached hydrogens (tertiary/aromatic N) is 1. The highest BCUT2D eigenvalue weighted by Gasteiger charge is 2.34. The predicted octanol–water partition coefficient (Wildman–Crippen LogP) is 1.42. The van der Waals surface area contributed by atoms with E-state index in [1.807, 2.05) is 6.92 Å². The van der Waals surface area contributed by atoms with Crippen molar-refractivity contribution in [1.82, 2.24) is 4.31 Å². The Hall–Kier alpha value is -1.56. The molecule has 1 aromatic rings. The third-order valence-corrected chi connectivity index (χ3v) is 4.43. The van der Waals surface area contributed by atoms with Crippen molar-refractivity contribution in [3.05, 3.63) is 23.8 Å². The van der Waals surface area contributed by atoms with Crippen molar-refractivity contribution in [3.8, 4) is 0 Å². The van der Waals surface area contributed by atoms with Crippen LogP contribution in [0.2, 0.25) is 0 Å². The van der Waals surface area contributed by atoms with Crippen LogP contribution in [0.3, 0.4) is 0 Å². The lowest BCUT2D eigenvalue weighted by Crippen LogP contribution is -2.41. The average Bonchev–Trinajstić information content (AvgIpc) is 2.26. The van der Waals surface area contributed by atoms with Gasteiger partial charge in [-0.2, -0.15) is 0 Å². The number of sulfonamides is 1. The van der Waals surface area contributed by atoms with Crippen molar-refractivity contribution in [2.75, 3.05) is 12.4 Å². The number of fused-ring (bicyclic) bond motifs is 1. The van der Waals surface area contributed by atoms with Gasteiger partial charge in [0.05, 0.1) is 5.69 Å². The molecule has 1 aliphatic heterocycles. The third-order valence-electron chi connectivity index (χ3n) is 2.65. The molecule has 5 nitrogen and oxygen atoms in total. The Balaban J connectivity index is 2.74. The molecule has 2 rings (SSSR count). The summed E-state index contributed by atoms with van der Waals surface area (Å²) in [6.45, 7) is 1.91. The summed E-state index contributed by atoms with van der Waals surface area (Å²) in [6.07, 6.45) is 0.669. The van der Waals surface area contributed by atoms with Crippen molar-refractivity contribution in [3.63, 3.8) is 0 Å². The summed E-state index contributed by atoms with van der Waals surface area (Å²) >= 11 is 0. The molecule has 1 aromatic carbocycles. The maximum absolute atomic E-state index is 11.9. The van der Waals surface area contributed by atoms with Gasteiger partial charge in [0.15, 0.2) is 0 Å². The summed E-state index contributed by atoms with van der Waals surface area (Å²) < 4.78 is 24.6. The number of carbonyl (C=O) groups is 1. The van der Waals surface area contributed by atoms with Crippen LogP contribution in [0.15, 0.2) is 23.1 Å². The van der Waals surface area contributed by atoms with E-state index in [0.29, 0.717) is 12.1 Å². The zero-order valence-corrected chi connectivity index (χ0v) is 9.84. The van der Waals surface area contributed by atoms with Crippen molar-refractivity contribution < 1.29 is 13.2 Å². The Morgan fingerprint density at radius 1 is 1.38 bits per heavy atom. The Morgan fingerprint density at radius 2 is 2.06 bits per heavy atom. The first-order valence-electron chi connectivity index (χ1n) is 4.90. The van der Waals surface area contributed by atoms with Crippen LogP contribution >= 0.6 is 0 Å². The molecule has 0 unspecified atom stereocenters. The summed E-state index contributed by atoms with van der Waals surface area (Å²) in [6, 6.07) is 4.37. The molecule has 1 N–H and O–H groups in total. The molecule has 0 aliphatic carbocycles. The molecule has 0 spiro atoms. The zero-order valence-electron chi connectivity index (χ0n) is 9.02. The van der Waals surface area contributed by atoms with E-state index in [2.05, 4.69) is 5.32 Å². The molecule has 0 bridgehead atoms. The van der Waals surface area contributed by atoms with E-state index >= 15 is 0 Å². The summed E-state index contributed by atoms with van der Waals surface area (Å²) in [5.41, 5.74) is 1.23. The zero-order chi connectivity index (χ0) is 11.9. The van der Waals surface area contributed by atoms with Crippen molar-refractivity contribution in [1.29, 1.82) is 0 Å². The SMILES string of the molecule is CCc1cccc2c1NC(=O)N(C)S2(=O)=O. The normalized spacial score (nSPS) is 17.9. The number of hydrogen-bond acceptors (Lipinski definition) is 3. The van der Waals surface area contributed by atoms with Crippen molar-refractivity contribution in [2.45, 2.75) is 18.2 Å². The smallest absolute Gasteiger partial charge is 0.305 e. The number of nitrogens with one attached hydrogen (secondary N) is 1. The van der Waals surface area contributed by atoms with Crippen molar-refractivity contribution >= 4 is 21.7 Å².